The normalized spacial score (nSPS) is 11.6. The number of hydrogen-bond acceptors (Lipinski definition) is 5. The van der Waals surface area contributed by atoms with Crippen LogP contribution in [0.5, 0.6) is 0 Å². The Labute approximate surface area is 135 Å². The second-order valence-corrected chi connectivity index (χ2v) is 6.25. The van der Waals surface area contributed by atoms with Gasteiger partial charge in [-0.1, -0.05) is 32.4 Å². The molecule has 22 heavy (non-hydrogen) atoms. The number of nitrogens with zero attached hydrogens (tertiary/aromatic N) is 3. The highest BCUT2D eigenvalue weighted by Crippen LogP contribution is 2.28. The van der Waals surface area contributed by atoms with Crippen molar-refractivity contribution in [2.45, 2.75) is 32.5 Å². The molecule has 0 aromatic carbocycles. The van der Waals surface area contributed by atoms with E-state index in [1.54, 1.807) is 13.1 Å². The molecule has 0 saturated carbocycles. The SMILES string of the molecule is COC(CN(C)C(=O)Nc1cc(C(C)(C)C)c(Cl)nn1)OC. The summed E-state index contributed by atoms with van der Waals surface area (Å²) in [7, 11) is 4.66. The van der Waals surface area contributed by atoms with Gasteiger partial charge in [-0.2, -0.15) is 0 Å². The molecule has 124 valence electrons. The number of carbonyl (C=O) groups is 1. The third-order valence-electron chi connectivity index (χ3n) is 3.09. The Morgan fingerprint density at radius 3 is 2.45 bits per heavy atom. The quantitative estimate of drug-likeness (QED) is 0.839. The van der Waals surface area contributed by atoms with E-state index in [2.05, 4.69) is 15.5 Å². The fourth-order valence-electron chi connectivity index (χ4n) is 1.72. The van der Waals surface area contributed by atoms with Gasteiger partial charge in [0, 0.05) is 26.8 Å². The molecule has 1 N–H and O–H groups in total. The molecule has 0 spiro atoms. The molecule has 1 aromatic rings. The van der Waals surface area contributed by atoms with Crippen LogP contribution in [0.25, 0.3) is 0 Å². The van der Waals surface area contributed by atoms with Gasteiger partial charge in [0.2, 0.25) is 0 Å². The van der Waals surface area contributed by atoms with Gasteiger partial charge < -0.3 is 14.4 Å². The molecule has 0 saturated heterocycles. The highest BCUT2D eigenvalue weighted by molar-refractivity contribution is 6.30. The Bertz CT molecular complexity index is 515. The van der Waals surface area contributed by atoms with Crippen molar-refractivity contribution in [2.75, 3.05) is 33.1 Å². The number of ether oxygens (including phenoxy) is 2. The average Bonchev–Trinajstić information content (AvgIpc) is 2.45. The number of anilines is 1. The smallest absolute Gasteiger partial charge is 0.322 e. The van der Waals surface area contributed by atoms with E-state index < -0.39 is 6.29 Å². The van der Waals surface area contributed by atoms with Crippen molar-refractivity contribution in [2.24, 2.45) is 0 Å². The first-order chi connectivity index (χ1) is 10.2. The van der Waals surface area contributed by atoms with Crippen molar-refractivity contribution in [3.05, 3.63) is 16.8 Å². The first-order valence-electron chi connectivity index (χ1n) is 6.80. The maximum Gasteiger partial charge on any atom is 0.322 e. The van der Waals surface area contributed by atoms with Crippen LogP contribution in [0.1, 0.15) is 26.3 Å². The molecule has 0 radical (unpaired) electrons. The molecule has 0 atom stereocenters. The second-order valence-electron chi connectivity index (χ2n) is 5.90. The van der Waals surface area contributed by atoms with E-state index in [0.717, 1.165) is 5.56 Å². The van der Waals surface area contributed by atoms with Crippen molar-refractivity contribution in [3.8, 4) is 0 Å². The lowest BCUT2D eigenvalue weighted by Gasteiger charge is -2.23. The molecule has 0 aliphatic carbocycles. The first-order valence-corrected chi connectivity index (χ1v) is 7.18. The molecule has 0 fully saturated rings. The Kier molecular flexibility index (Phi) is 6.52. The zero-order chi connectivity index (χ0) is 16.9. The molecular weight excluding hydrogens is 308 g/mol. The highest BCUT2D eigenvalue weighted by Gasteiger charge is 2.21. The number of likely N-dealkylation sites (N-methyl/N-ethyl adjacent to an activating group) is 1. The topological polar surface area (TPSA) is 76.6 Å². The molecule has 1 rings (SSSR count). The number of rotatable bonds is 5. The Hall–Kier alpha value is -1.44. The number of urea groups is 1. The van der Waals surface area contributed by atoms with E-state index in [1.807, 2.05) is 20.8 Å². The first kappa shape index (κ1) is 18.6. The van der Waals surface area contributed by atoms with Crippen molar-refractivity contribution < 1.29 is 14.3 Å². The lowest BCUT2D eigenvalue weighted by atomic mass is 9.88. The molecule has 1 heterocycles. The summed E-state index contributed by atoms with van der Waals surface area (Å²) in [6.07, 6.45) is -0.489. The fraction of sp³-hybridized carbons (Fsp3) is 0.643. The molecule has 0 unspecified atom stereocenters. The van der Waals surface area contributed by atoms with E-state index in [4.69, 9.17) is 21.1 Å². The minimum Gasteiger partial charge on any atom is -0.354 e. The highest BCUT2D eigenvalue weighted by atomic mass is 35.5. The van der Waals surface area contributed by atoms with E-state index in [-0.39, 0.29) is 18.0 Å². The van der Waals surface area contributed by atoms with Gasteiger partial charge in [0.25, 0.3) is 0 Å². The maximum absolute atomic E-state index is 12.1. The van der Waals surface area contributed by atoms with Crippen LogP contribution in [-0.2, 0) is 14.9 Å². The number of nitrogens with one attached hydrogen (secondary N) is 1. The number of amides is 2. The van der Waals surface area contributed by atoms with Crippen molar-refractivity contribution in [1.82, 2.24) is 15.1 Å². The van der Waals surface area contributed by atoms with Gasteiger partial charge in [-0.05, 0) is 11.5 Å². The predicted octanol–water partition coefficient (Wildman–Crippen LogP) is 2.51. The third-order valence-corrected chi connectivity index (χ3v) is 3.37. The second kappa shape index (κ2) is 7.71. The Balaban J connectivity index is 2.80. The van der Waals surface area contributed by atoms with Gasteiger partial charge in [0.05, 0.1) is 6.54 Å². The summed E-state index contributed by atoms with van der Waals surface area (Å²) in [5, 5.41) is 10.8. The number of aromatic nitrogens is 2. The molecule has 0 aliphatic heterocycles. The van der Waals surface area contributed by atoms with Crippen molar-refractivity contribution in [1.29, 1.82) is 0 Å². The van der Waals surface area contributed by atoms with Crippen LogP contribution in [-0.4, -0.2) is 55.2 Å². The van der Waals surface area contributed by atoms with Crippen LogP contribution >= 0.6 is 11.6 Å². The van der Waals surface area contributed by atoms with Gasteiger partial charge >= 0.3 is 6.03 Å². The Morgan fingerprint density at radius 2 is 1.95 bits per heavy atom. The lowest BCUT2D eigenvalue weighted by Crippen LogP contribution is -2.38. The molecule has 7 nitrogen and oxygen atoms in total. The average molecular weight is 331 g/mol. The summed E-state index contributed by atoms with van der Waals surface area (Å²) in [6, 6.07) is 1.39. The molecule has 8 heteroatoms. The van der Waals surface area contributed by atoms with Gasteiger partial charge in [0.15, 0.2) is 17.3 Å². The van der Waals surface area contributed by atoms with Crippen molar-refractivity contribution >= 4 is 23.4 Å². The number of methoxy groups -OCH3 is 2. The van der Waals surface area contributed by atoms with Crippen LogP contribution in [0, 0.1) is 0 Å². The van der Waals surface area contributed by atoms with Crippen molar-refractivity contribution in [3.63, 3.8) is 0 Å². The summed E-state index contributed by atoms with van der Waals surface area (Å²) in [6.45, 7) is 6.31. The summed E-state index contributed by atoms with van der Waals surface area (Å²) in [5.74, 6) is 0.345. The molecule has 2 amide bonds. The molecule has 0 bridgehead atoms. The van der Waals surface area contributed by atoms with E-state index in [9.17, 15) is 4.79 Å². The van der Waals surface area contributed by atoms with Crippen LogP contribution in [0.4, 0.5) is 10.6 Å². The fourth-order valence-corrected chi connectivity index (χ4v) is 2.10. The van der Waals surface area contributed by atoms with E-state index >= 15 is 0 Å². The van der Waals surface area contributed by atoms with Gasteiger partial charge in [-0.3, -0.25) is 5.32 Å². The van der Waals surface area contributed by atoms with Gasteiger partial charge in [-0.15, -0.1) is 10.2 Å². The summed E-state index contributed by atoms with van der Waals surface area (Å²) < 4.78 is 10.1. The zero-order valence-electron chi connectivity index (χ0n) is 13.8. The maximum atomic E-state index is 12.1. The molecule has 1 aromatic heterocycles. The van der Waals surface area contributed by atoms with E-state index in [1.165, 1.54) is 19.1 Å². The largest absolute Gasteiger partial charge is 0.354 e. The number of hydrogen-bond donors (Lipinski definition) is 1. The van der Waals surface area contributed by atoms with Crippen LogP contribution in [0.3, 0.4) is 0 Å². The Morgan fingerprint density at radius 1 is 1.36 bits per heavy atom. The van der Waals surface area contributed by atoms with Gasteiger partial charge in [-0.25, -0.2) is 4.79 Å². The molecular formula is C14H23ClN4O3. The van der Waals surface area contributed by atoms with Crippen LogP contribution in [0.15, 0.2) is 6.07 Å². The zero-order valence-corrected chi connectivity index (χ0v) is 14.6. The van der Waals surface area contributed by atoms with E-state index in [0.29, 0.717) is 11.0 Å². The minimum absolute atomic E-state index is 0.199. The monoisotopic (exact) mass is 330 g/mol. The lowest BCUT2D eigenvalue weighted by molar-refractivity contribution is -0.108. The number of carbonyl (C=O) groups excluding carboxylic acids is 1. The summed E-state index contributed by atoms with van der Waals surface area (Å²) in [4.78, 5) is 13.6. The standard InChI is InChI=1S/C14H23ClN4O3/c1-14(2,3)9-7-10(17-18-12(9)15)16-13(20)19(4)8-11(21-5)22-6/h7,11H,8H2,1-6H3,(H,16,17,20). The molecule has 0 aliphatic rings. The van der Waals surface area contributed by atoms with Gasteiger partial charge in [0.1, 0.15) is 0 Å². The summed E-state index contributed by atoms with van der Waals surface area (Å²) in [5.41, 5.74) is 0.615. The van der Waals surface area contributed by atoms with Crippen LogP contribution in [0.2, 0.25) is 5.15 Å². The number of halogens is 1. The predicted molar refractivity (Wildman–Crippen MR) is 85.2 cm³/mol. The van der Waals surface area contributed by atoms with Crippen LogP contribution < -0.4 is 5.32 Å². The third kappa shape index (κ3) is 5.08. The minimum atomic E-state index is -0.489. The summed E-state index contributed by atoms with van der Waals surface area (Å²) >= 11 is 6.06.